The van der Waals surface area contributed by atoms with Crippen molar-refractivity contribution in [3.05, 3.63) is 11.5 Å². The van der Waals surface area contributed by atoms with Crippen LogP contribution in [0, 0.1) is 0 Å². The van der Waals surface area contributed by atoms with E-state index < -0.39 is 24.0 Å². The fraction of sp³-hybridized carbons (Fsp3) is 0.429. The first-order valence-electron chi connectivity index (χ1n) is 3.81. The first-order valence-corrected chi connectivity index (χ1v) is 6.13. The lowest BCUT2D eigenvalue weighted by Gasteiger charge is -2.09. The monoisotopic (exact) mass is 252 g/mol. The van der Waals surface area contributed by atoms with E-state index in [1.165, 1.54) is 0 Å². The molecule has 0 saturated heterocycles. The third-order valence-corrected chi connectivity index (χ3v) is 3.83. The average molecular weight is 252 g/mol. The Morgan fingerprint density at radius 3 is 2.20 bits per heavy atom. The highest BCUT2D eigenvalue weighted by molar-refractivity contribution is 8.78. The molecule has 6 N–H and O–H groups in total. The molecule has 0 aliphatic rings. The van der Waals surface area contributed by atoms with E-state index >= 15 is 0 Å². The zero-order chi connectivity index (χ0) is 12.0. The summed E-state index contributed by atoms with van der Waals surface area (Å²) < 4.78 is 0. The van der Waals surface area contributed by atoms with E-state index in [0.717, 1.165) is 21.6 Å². The molecular weight excluding hydrogens is 240 g/mol. The largest absolute Gasteiger partial charge is 0.480 e. The highest BCUT2D eigenvalue weighted by Gasteiger charge is 2.17. The van der Waals surface area contributed by atoms with Crippen LogP contribution in [0.1, 0.15) is 0 Å². The van der Waals surface area contributed by atoms with Gasteiger partial charge in [-0.3, -0.25) is 9.59 Å². The highest BCUT2D eigenvalue weighted by Crippen LogP contribution is 2.30. The summed E-state index contributed by atoms with van der Waals surface area (Å²) in [5.41, 5.74) is 10.5. The third-order valence-electron chi connectivity index (χ3n) is 1.34. The highest BCUT2D eigenvalue weighted by atomic mass is 33.1. The Morgan fingerprint density at radius 1 is 1.27 bits per heavy atom. The molecule has 0 aromatic carbocycles. The topological polar surface area (TPSA) is 127 Å². The number of hydrogen-bond acceptors (Lipinski definition) is 6. The van der Waals surface area contributed by atoms with Gasteiger partial charge in [-0.25, -0.2) is 0 Å². The third kappa shape index (κ3) is 5.67. The summed E-state index contributed by atoms with van der Waals surface area (Å²) in [7, 11) is 2.14. The van der Waals surface area contributed by atoms with Crippen molar-refractivity contribution in [2.45, 2.75) is 12.1 Å². The first kappa shape index (κ1) is 14.3. The van der Waals surface area contributed by atoms with Crippen LogP contribution in [-0.4, -0.2) is 40.0 Å². The molecule has 0 fully saturated rings. The van der Waals surface area contributed by atoms with Crippen molar-refractivity contribution in [2.75, 3.05) is 5.75 Å². The Balaban J connectivity index is 3.82. The predicted molar refractivity (Wildman–Crippen MR) is 60.4 cm³/mol. The maximum absolute atomic E-state index is 10.4. The summed E-state index contributed by atoms with van der Waals surface area (Å²) >= 11 is 0. The van der Waals surface area contributed by atoms with Crippen molar-refractivity contribution in [1.82, 2.24) is 0 Å². The number of carboxylic acid groups (broad SMARTS) is 2. The molecule has 86 valence electrons. The molecule has 0 heterocycles. The Bertz CT molecular complexity index is 272. The minimum absolute atomic E-state index is 0.158. The number of carboxylic acids is 2. The lowest BCUT2D eigenvalue weighted by Crippen LogP contribution is -2.32. The van der Waals surface area contributed by atoms with Crippen molar-refractivity contribution < 1.29 is 19.8 Å². The van der Waals surface area contributed by atoms with Crippen LogP contribution in [0.3, 0.4) is 0 Å². The Morgan fingerprint density at radius 2 is 1.80 bits per heavy atom. The van der Waals surface area contributed by atoms with E-state index in [4.69, 9.17) is 21.7 Å². The zero-order valence-corrected chi connectivity index (χ0v) is 9.38. The minimum Gasteiger partial charge on any atom is -0.480 e. The number of carbonyl (C=O) groups is 2. The molecular formula is C7H12N2O4S2. The molecule has 0 aromatic heterocycles. The average Bonchev–Trinajstić information content (AvgIpc) is 2.15. The predicted octanol–water partition coefficient (Wildman–Crippen LogP) is -0.295. The molecule has 0 amide bonds. The molecule has 2 atom stereocenters. The van der Waals surface area contributed by atoms with Gasteiger partial charge in [-0.1, -0.05) is 28.2 Å². The lowest BCUT2D eigenvalue weighted by molar-refractivity contribution is -0.138. The summed E-state index contributed by atoms with van der Waals surface area (Å²) in [5.74, 6) is -2.11. The molecule has 6 nitrogen and oxygen atoms in total. The van der Waals surface area contributed by atoms with Crippen LogP contribution in [0.5, 0.6) is 0 Å². The molecule has 0 aliphatic carbocycles. The quantitative estimate of drug-likeness (QED) is 0.455. The summed E-state index contributed by atoms with van der Waals surface area (Å²) in [6.07, 6.45) is 0. The van der Waals surface area contributed by atoms with Crippen molar-refractivity contribution in [2.24, 2.45) is 11.5 Å². The second-order valence-corrected chi connectivity index (χ2v) is 5.06. The molecule has 0 aliphatic heterocycles. The van der Waals surface area contributed by atoms with Crippen LogP contribution in [0.25, 0.3) is 0 Å². The second kappa shape index (κ2) is 6.72. The van der Waals surface area contributed by atoms with Crippen molar-refractivity contribution in [3.63, 3.8) is 0 Å². The van der Waals surface area contributed by atoms with Gasteiger partial charge in [-0.2, -0.15) is 0 Å². The Labute approximate surface area is 94.5 Å². The number of aliphatic carboxylic acids is 2. The van der Waals surface area contributed by atoms with Gasteiger partial charge in [0.2, 0.25) is 0 Å². The van der Waals surface area contributed by atoms with Crippen LogP contribution in [-0.2, 0) is 9.59 Å². The summed E-state index contributed by atoms with van der Waals surface area (Å²) in [6, 6.07) is -2.13. The van der Waals surface area contributed by atoms with E-state index in [1.807, 2.05) is 0 Å². The molecule has 0 unspecified atom stereocenters. The number of rotatable bonds is 7. The first-order chi connectivity index (χ1) is 6.86. The SMILES string of the molecule is C=C(SSC[C@H](N)C(=O)O)[C@H](N)C(=O)O. The van der Waals surface area contributed by atoms with E-state index in [1.54, 1.807) is 0 Å². The van der Waals surface area contributed by atoms with Gasteiger partial charge in [0.25, 0.3) is 0 Å². The van der Waals surface area contributed by atoms with Crippen LogP contribution >= 0.6 is 21.6 Å². The van der Waals surface area contributed by atoms with E-state index in [2.05, 4.69) is 6.58 Å². The zero-order valence-electron chi connectivity index (χ0n) is 7.75. The van der Waals surface area contributed by atoms with Gasteiger partial charge in [0, 0.05) is 10.7 Å². The lowest BCUT2D eigenvalue weighted by atomic mass is 10.3. The van der Waals surface area contributed by atoms with Gasteiger partial charge in [0.05, 0.1) is 0 Å². The minimum atomic E-state index is -1.17. The molecule has 0 bridgehead atoms. The van der Waals surface area contributed by atoms with Gasteiger partial charge in [0.1, 0.15) is 12.1 Å². The molecule has 0 radical (unpaired) electrons. The van der Waals surface area contributed by atoms with Gasteiger partial charge < -0.3 is 21.7 Å². The maximum atomic E-state index is 10.4. The Hall–Kier alpha value is -0.700. The standard InChI is InChI=1S/C7H12N2O4S2/c1-3(5(9)7(12)13)15-14-2-4(8)6(10)11/h4-5H,1-2,8-9H2,(H,10,11)(H,12,13)/t4-,5-/m0/s1. The molecule has 0 spiro atoms. The van der Waals surface area contributed by atoms with Gasteiger partial charge in [-0.05, 0) is 0 Å². The van der Waals surface area contributed by atoms with Crippen LogP contribution in [0.15, 0.2) is 11.5 Å². The summed E-state index contributed by atoms with van der Waals surface area (Å²) in [5, 5.41) is 17.0. The summed E-state index contributed by atoms with van der Waals surface area (Å²) in [4.78, 5) is 21.0. The molecule has 0 rings (SSSR count). The fourth-order valence-corrected chi connectivity index (χ4v) is 2.57. The van der Waals surface area contributed by atoms with E-state index in [0.29, 0.717) is 0 Å². The maximum Gasteiger partial charge on any atom is 0.325 e. The molecule has 15 heavy (non-hydrogen) atoms. The fourth-order valence-electron chi connectivity index (χ4n) is 0.444. The smallest absolute Gasteiger partial charge is 0.325 e. The molecule has 8 heteroatoms. The van der Waals surface area contributed by atoms with Crippen LogP contribution in [0.4, 0.5) is 0 Å². The Kier molecular flexibility index (Phi) is 6.41. The summed E-state index contributed by atoms with van der Waals surface area (Å²) in [6.45, 7) is 3.47. The van der Waals surface area contributed by atoms with Crippen molar-refractivity contribution in [3.8, 4) is 0 Å². The van der Waals surface area contributed by atoms with Crippen LogP contribution < -0.4 is 11.5 Å². The molecule has 0 saturated carbocycles. The van der Waals surface area contributed by atoms with Crippen LogP contribution in [0.2, 0.25) is 0 Å². The normalized spacial score (nSPS) is 14.3. The molecule has 0 aromatic rings. The second-order valence-electron chi connectivity index (χ2n) is 2.59. The number of nitrogens with two attached hydrogens (primary N) is 2. The van der Waals surface area contributed by atoms with Crippen molar-refractivity contribution >= 4 is 33.5 Å². The van der Waals surface area contributed by atoms with Crippen molar-refractivity contribution in [1.29, 1.82) is 0 Å². The van der Waals surface area contributed by atoms with E-state index in [-0.39, 0.29) is 10.7 Å². The van der Waals surface area contributed by atoms with Gasteiger partial charge >= 0.3 is 11.9 Å². The number of hydrogen-bond donors (Lipinski definition) is 4. The van der Waals surface area contributed by atoms with Gasteiger partial charge in [-0.15, -0.1) is 0 Å². The van der Waals surface area contributed by atoms with Gasteiger partial charge in [0.15, 0.2) is 0 Å². The van der Waals surface area contributed by atoms with E-state index in [9.17, 15) is 9.59 Å².